The van der Waals surface area contributed by atoms with Gasteiger partial charge in [-0.05, 0) is 18.1 Å². The lowest BCUT2D eigenvalue weighted by molar-refractivity contribution is -0.114. The van der Waals surface area contributed by atoms with Gasteiger partial charge < -0.3 is 10.1 Å². The van der Waals surface area contributed by atoms with Gasteiger partial charge in [-0.25, -0.2) is 4.99 Å². The van der Waals surface area contributed by atoms with E-state index < -0.39 is 5.91 Å². The fraction of sp³-hybridized carbons (Fsp3) is 0.250. The molecule has 1 aromatic rings. The molecule has 1 N–H and O–H groups in total. The lowest BCUT2D eigenvalue weighted by atomic mass is 10.1. The van der Waals surface area contributed by atoms with Gasteiger partial charge in [0, 0.05) is 6.54 Å². The van der Waals surface area contributed by atoms with Crippen molar-refractivity contribution in [3.05, 3.63) is 29.8 Å². The van der Waals surface area contributed by atoms with Crippen LogP contribution in [0, 0.1) is 0 Å². The Kier molecular flexibility index (Phi) is 5.43. The SMILES string of the molecule is COc1ccccc1CCNC(=O)/C=N\[C]=O. The quantitative estimate of drug-likeness (QED) is 0.727. The van der Waals surface area contributed by atoms with Crippen molar-refractivity contribution in [1.29, 1.82) is 0 Å². The minimum atomic E-state index is -0.414. The first-order valence-electron chi connectivity index (χ1n) is 5.08. The maximum Gasteiger partial charge on any atom is 0.337 e. The molecule has 89 valence electrons. The van der Waals surface area contributed by atoms with Crippen LogP contribution >= 0.6 is 0 Å². The van der Waals surface area contributed by atoms with Gasteiger partial charge in [0.15, 0.2) is 0 Å². The highest BCUT2D eigenvalue weighted by Crippen LogP contribution is 2.16. The molecule has 0 heterocycles. The average Bonchev–Trinajstić information content (AvgIpc) is 2.37. The van der Waals surface area contributed by atoms with Crippen LogP contribution in [0.2, 0.25) is 0 Å². The molecule has 5 heteroatoms. The van der Waals surface area contributed by atoms with E-state index in [1.54, 1.807) is 7.11 Å². The standard InChI is InChI=1S/C12H13N2O3/c1-17-11-5-3-2-4-10(11)6-7-14-12(16)8-13-9-15/h2-5,8H,6-7H2,1H3,(H,14,16)/b13-8-. The van der Waals surface area contributed by atoms with Crippen LogP contribution in [0.5, 0.6) is 5.75 Å². The van der Waals surface area contributed by atoms with E-state index in [2.05, 4.69) is 10.3 Å². The van der Waals surface area contributed by atoms with Crippen molar-refractivity contribution in [3.8, 4) is 5.75 Å². The lowest BCUT2D eigenvalue weighted by Gasteiger charge is -2.07. The Bertz CT molecular complexity index is 416. The first-order chi connectivity index (χ1) is 8.27. The molecule has 1 aromatic carbocycles. The molecule has 2 amide bonds. The number of carbonyl (C=O) groups excluding carboxylic acids is 2. The average molecular weight is 233 g/mol. The van der Waals surface area contributed by atoms with Crippen LogP contribution in [0.4, 0.5) is 0 Å². The molecule has 0 atom stereocenters. The second-order valence-electron chi connectivity index (χ2n) is 3.20. The third-order valence-electron chi connectivity index (χ3n) is 2.12. The summed E-state index contributed by atoms with van der Waals surface area (Å²) in [6.07, 6.45) is 2.81. The van der Waals surface area contributed by atoms with Gasteiger partial charge in [-0.3, -0.25) is 9.59 Å². The molecule has 5 nitrogen and oxygen atoms in total. The number of amides is 2. The molecule has 0 spiro atoms. The molecule has 0 saturated heterocycles. The van der Waals surface area contributed by atoms with Crippen molar-refractivity contribution in [2.24, 2.45) is 4.99 Å². The summed E-state index contributed by atoms with van der Waals surface area (Å²) in [6, 6.07) is 7.58. The van der Waals surface area contributed by atoms with E-state index in [9.17, 15) is 9.59 Å². The molecule has 0 bridgehead atoms. The molecule has 1 radical (unpaired) electrons. The van der Waals surface area contributed by atoms with Crippen molar-refractivity contribution in [2.75, 3.05) is 13.7 Å². The van der Waals surface area contributed by atoms with Gasteiger partial charge in [-0.2, -0.15) is 0 Å². The maximum absolute atomic E-state index is 11.1. The topological polar surface area (TPSA) is 67.8 Å². The Balaban J connectivity index is 2.43. The Hall–Kier alpha value is -2.17. The van der Waals surface area contributed by atoms with Crippen LogP contribution in [0.15, 0.2) is 29.3 Å². The van der Waals surface area contributed by atoms with Gasteiger partial charge >= 0.3 is 6.41 Å². The van der Waals surface area contributed by atoms with Crippen molar-refractivity contribution >= 4 is 18.5 Å². The van der Waals surface area contributed by atoms with E-state index in [-0.39, 0.29) is 0 Å². The predicted octanol–water partition coefficient (Wildman–Crippen LogP) is 0.492. The Morgan fingerprint density at radius 1 is 1.53 bits per heavy atom. The van der Waals surface area contributed by atoms with Gasteiger partial charge in [0.25, 0.3) is 5.91 Å². The number of aliphatic imine (C=N–C) groups is 1. The second kappa shape index (κ2) is 7.16. The number of para-hydroxylation sites is 1. The van der Waals surface area contributed by atoms with E-state index in [0.717, 1.165) is 17.5 Å². The molecule has 0 fully saturated rings. The van der Waals surface area contributed by atoms with Crippen molar-refractivity contribution in [3.63, 3.8) is 0 Å². The van der Waals surface area contributed by atoms with Gasteiger partial charge in [0.1, 0.15) is 5.75 Å². The smallest absolute Gasteiger partial charge is 0.337 e. The number of carbonyl (C=O) groups is 1. The zero-order valence-electron chi connectivity index (χ0n) is 9.47. The van der Waals surface area contributed by atoms with Gasteiger partial charge in [0.05, 0.1) is 13.3 Å². The molecular weight excluding hydrogens is 220 g/mol. The molecular formula is C12H13N2O3. The second-order valence-corrected chi connectivity index (χ2v) is 3.20. The van der Waals surface area contributed by atoms with Crippen molar-refractivity contribution in [1.82, 2.24) is 5.32 Å². The first-order valence-corrected chi connectivity index (χ1v) is 5.08. The number of nitrogens with one attached hydrogen (secondary N) is 1. The number of hydrogen-bond acceptors (Lipinski definition) is 3. The van der Waals surface area contributed by atoms with E-state index in [4.69, 9.17) is 4.74 Å². The van der Waals surface area contributed by atoms with E-state index >= 15 is 0 Å². The summed E-state index contributed by atoms with van der Waals surface area (Å²) in [6.45, 7) is 0.448. The van der Waals surface area contributed by atoms with Crippen LogP contribution in [-0.4, -0.2) is 32.2 Å². The summed E-state index contributed by atoms with van der Waals surface area (Å²) in [4.78, 5) is 23.9. The summed E-state index contributed by atoms with van der Waals surface area (Å²) in [5, 5.41) is 2.59. The van der Waals surface area contributed by atoms with Gasteiger partial charge in [-0.1, -0.05) is 18.2 Å². The molecule has 1 rings (SSSR count). The summed E-state index contributed by atoms with van der Waals surface area (Å²) in [5.74, 6) is 0.375. The molecule has 0 aromatic heterocycles. The molecule has 0 aliphatic carbocycles. The summed E-state index contributed by atoms with van der Waals surface area (Å²) in [5.41, 5.74) is 1.01. The van der Waals surface area contributed by atoms with Crippen LogP contribution in [0.1, 0.15) is 5.56 Å². The number of benzene rings is 1. The number of hydrogen-bond donors (Lipinski definition) is 1. The highest BCUT2D eigenvalue weighted by Gasteiger charge is 2.02. The number of methoxy groups -OCH3 is 1. The van der Waals surface area contributed by atoms with Crippen LogP contribution in [0.25, 0.3) is 0 Å². The molecule has 0 aliphatic heterocycles. The predicted molar refractivity (Wildman–Crippen MR) is 63.9 cm³/mol. The molecule has 0 saturated carbocycles. The Morgan fingerprint density at radius 2 is 2.29 bits per heavy atom. The number of ether oxygens (including phenoxy) is 1. The summed E-state index contributed by atoms with van der Waals surface area (Å²) < 4.78 is 5.18. The maximum atomic E-state index is 11.1. The fourth-order valence-electron chi connectivity index (χ4n) is 1.36. The van der Waals surface area contributed by atoms with E-state index in [1.807, 2.05) is 24.3 Å². The molecule has 17 heavy (non-hydrogen) atoms. The molecule has 0 aliphatic rings. The normalized spacial score (nSPS) is 10.2. The minimum Gasteiger partial charge on any atom is -0.496 e. The van der Waals surface area contributed by atoms with Crippen molar-refractivity contribution in [2.45, 2.75) is 6.42 Å². The van der Waals surface area contributed by atoms with Gasteiger partial charge in [-0.15, -0.1) is 0 Å². The van der Waals surface area contributed by atoms with Gasteiger partial charge in [0.2, 0.25) is 0 Å². The summed E-state index contributed by atoms with van der Waals surface area (Å²) >= 11 is 0. The van der Waals surface area contributed by atoms with E-state index in [0.29, 0.717) is 13.0 Å². The Labute approximate surface area is 99.5 Å². The van der Waals surface area contributed by atoms with Crippen LogP contribution < -0.4 is 10.1 Å². The third kappa shape index (κ3) is 4.46. The zero-order valence-corrected chi connectivity index (χ0v) is 9.47. The molecule has 0 unspecified atom stereocenters. The van der Waals surface area contributed by atoms with E-state index in [1.165, 1.54) is 6.41 Å². The number of rotatable bonds is 6. The lowest BCUT2D eigenvalue weighted by Crippen LogP contribution is -2.26. The monoisotopic (exact) mass is 233 g/mol. The third-order valence-corrected chi connectivity index (χ3v) is 2.12. The zero-order chi connectivity index (χ0) is 12.5. The highest BCUT2D eigenvalue weighted by atomic mass is 16.5. The van der Waals surface area contributed by atoms with Crippen LogP contribution in [0.3, 0.4) is 0 Å². The summed E-state index contributed by atoms with van der Waals surface area (Å²) in [7, 11) is 1.60. The number of nitrogens with zero attached hydrogens (tertiary/aromatic N) is 1. The Morgan fingerprint density at radius 3 is 3.00 bits per heavy atom. The first kappa shape index (κ1) is 12.9. The fourth-order valence-corrected chi connectivity index (χ4v) is 1.36. The minimum absolute atomic E-state index is 0.414. The highest BCUT2D eigenvalue weighted by molar-refractivity contribution is 6.27. The largest absolute Gasteiger partial charge is 0.496 e. The van der Waals surface area contributed by atoms with Crippen molar-refractivity contribution < 1.29 is 14.3 Å². The van der Waals surface area contributed by atoms with Crippen LogP contribution in [-0.2, 0) is 16.0 Å².